The first-order valence-corrected chi connectivity index (χ1v) is 7.33. The molecule has 3 atom stereocenters. The first-order valence-electron chi connectivity index (χ1n) is 7.33. The highest BCUT2D eigenvalue weighted by atomic mass is 16.5. The second-order valence-corrected chi connectivity index (χ2v) is 5.49. The van der Waals surface area contributed by atoms with E-state index in [0.29, 0.717) is 19.6 Å². The fraction of sp³-hybridized carbons (Fsp3) is 0.562. The van der Waals surface area contributed by atoms with Gasteiger partial charge in [0, 0.05) is 6.54 Å². The summed E-state index contributed by atoms with van der Waals surface area (Å²) in [6, 6.07) is 9.60. The lowest BCUT2D eigenvalue weighted by molar-refractivity contribution is -0.145. The predicted molar refractivity (Wildman–Crippen MR) is 79.3 cm³/mol. The van der Waals surface area contributed by atoms with Crippen molar-refractivity contribution in [3.63, 3.8) is 0 Å². The molecule has 2 rings (SSSR count). The molecule has 4 heteroatoms. The van der Waals surface area contributed by atoms with Gasteiger partial charge in [0.05, 0.1) is 24.8 Å². The Bertz CT molecular complexity index is 435. The molecule has 1 aromatic rings. The van der Waals surface area contributed by atoms with Crippen molar-refractivity contribution in [2.24, 2.45) is 5.73 Å². The molecule has 2 N–H and O–H groups in total. The van der Waals surface area contributed by atoms with Gasteiger partial charge in [0.2, 0.25) is 5.91 Å². The van der Waals surface area contributed by atoms with Crippen molar-refractivity contribution in [3.8, 4) is 0 Å². The molecule has 1 aromatic carbocycles. The molecule has 0 bridgehead atoms. The maximum absolute atomic E-state index is 12.6. The Morgan fingerprint density at radius 3 is 2.80 bits per heavy atom. The van der Waals surface area contributed by atoms with Gasteiger partial charge in [0.1, 0.15) is 0 Å². The van der Waals surface area contributed by atoms with Crippen LogP contribution < -0.4 is 5.73 Å². The van der Waals surface area contributed by atoms with E-state index in [1.807, 2.05) is 42.2 Å². The highest BCUT2D eigenvalue weighted by Gasteiger charge is 2.31. The number of carbonyl (C=O) groups is 1. The Kier molecular flexibility index (Phi) is 5.15. The van der Waals surface area contributed by atoms with Gasteiger partial charge in [0.25, 0.3) is 0 Å². The van der Waals surface area contributed by atoms with E-state index in [0.717, 1.165) is 12.0 Å². The number of benzene rings is 1. The molecule has 1 fully saturated rings. The molecule has 1 aliphatic heterocycles. The van der Waals surface area contributed by atoms with Crippen molar-refractivity contribution in [1.82, 2.24) is 4.90 Å². The van der Waals surface area contributed by atoms with Crippen LogP contribution in [0.3, 0.4) is 0 Å². The van der Waals surface area contributed by atoms with E-state index in [-0.39, 0.29) is 18.1 Å². The Morgan fingerprint density at radius 1 is 1.45 bits per heavy atom. The van der Waals surface area contributed by atoms with Gasteiger partial charge in [-0.25, -0.2) is 0 Å². The molecule has 1 aliphatic rings. The van der Waals surface area contributed by atoms with E-state index in [9.17, 15) is 4.79 Å². The molecule has 2 unspecified atom stereocenters. The molecule has 4 nitrogen and oxygen atoms in total. The second-order valence-electron chi connectivity index (χ2n) is 5.49. The van der Waals surface area contributed by atoms with E-state index in [1.165, 1.54) is 0 Å². The van der Waals surface area contributed by atoms with E-state index in [4.69, 9.17) is 10.5 Å². The summed E-state index contributed by atoms with van der Waals surface area (Å²) in [5.41, 5.74) is 7.21. The largest absolute Gasteiger partial charge is 0.375 e. The van der Waals surface area contributed by atoms with Gasteiger partial charge in [-0.05, 0) is 25.3 Å². The molecule has 0 aromatic heterocycles. The lowest BCUT2D eigenvalue weighted by atomic mass is 10.0. The molecule has 20 heavy (non-hydrogen) atoms. The van der Waals surface area contributed by atoms with Gasteiger partial charge in [-0.1, -0.05) is 37.3 Å². The monoisotopic (exact) mass is 276 g/mol. The lowest BCUT2D eigenvalue weighted by Crippen LogP contribution is -2.56. The minimum absolute atomic E-state index is 0.0378. The van der Waals surface area contributed by atoms with Crippen LogP contribution >= 0.6 is 0 Å². The molecular weight excluding hydrogens is 252 g/mol. The number of hydrogen-bond donors (Lipinski definition) is 1. The highest BCUT2D eigenvalue weighted by molar-refractivity contribution is 5.82. The van der Waals surface area contributed by atoms with Crippen LogP contribution in [-0.4, -0.2) is 42.1 Å². The number of morpholine rings is 1. The van der Waals surface area contributed by atoms with Crippen LogP contribution in [0.25, 0.3) is 0 Å². The van der Waals surface area contributed by atoms with Gasteiger partial charge in [-0.3, -0.25) is 4.79 Å². The summed E-state index contributed by atoms with van der Waals surface area (Å²) in [7, 11) is 0. The van der Waals surface area contributed by atoms with Gasteiger partial charge in [-0.15, -0.1) is 0 Å². The maximum atomic E-state index is 12.6. The smallest absolute Gasteiger partial charge is 0.240 e. The van der Waals surface area contributed by atoms with Crippen molar-refractivity contribution in [1.29, 1.82) is 0 Å². The number of ether oxygens (including phenoxy) is 1. The average molecular weight is 276 g/mol. The average Bonchev–Trinajstić information content (AvgIpc) is 2.47. The fourth-order valence-electron chi connectivity index (χ4n) is 2.62. The third-order valence-electron chi connectivity index (χ3n) is 3.84. The maximum Gasteiger partial charge on any atom is 0.240 e. The van der Waals surface area contributed by atoms with E-state index in [1.54, 1.807) is 0 Å². The lowest BCUT2D eigenvalue weighted by Gasteiger charge is -2.39. The van der Waals surface area contributed by atoms with Crippen molar-refractivity contribution < 1.29 is 9.53 Å². The normalized spacial score (nSPS) is 24.4. The van der Waals surface area contributed by atoms with Crippen molar-refractivity contribution in [3.05, 3.63) is 35.9 Å². The van der Waals surface area contributed by atoms with Crippen molar-refractivity contribution >= 4 is 5.91 Å². The van der Waals surface area contributed by atoms with Crippen LogP contribution in [-0.2, 0) is 16.0 Å². The first kappa shape index (κ1) is 15.0. The second kappa shape index (κ2) is 6.86. The Hall–Kier alpha value is -1.39. The van der Waals surface area contributed by atoms with Crippen LogP contribution in [0.4, 0.5) is 0 Å². The third-order valence-corrected chi connectivity index (χ3v) is 3.84. The van der Waals surface area contributed by atoms with Crippen LogP contribution in [0.2, 0.25) is 0 Å². The molecule has 1 saturated heterocycles. The number of carbonyl (C=O) groups excluding carboxylic acids is 1. The molecule has 1 amide bonds. The molecule has 0 saturated carbocycles. The topological polar surface area (TPSA) is 55.6 Å². The summed E-state index contributed by atoms with van der Waals surface area (Å²) >= 11 is 0. The molecule has 110 valence electrons. The summed E-state index contributed by atoms with van der Waals surface area (Å²) in [6.07, 6.45) is 1.57. The Balaban J connectivity index is 2.01. The standard InChI is InChI=1S/C16H24N2O2/c1-3-14-11-20-12(2)10-18(14)16(19)15(17)9-13-7-5-4-6-8-13/h4-8,12,14-15H,3,9-11,17H2,1-2H3/t12?,14?,15-/m1/s1. The summed E-state index contributed by atoms with van der Waals surface area (Å²) < 4.78 is 5.63. The molecule has 1 heterocycles. The van der Waals surface area contributed by atoms with Crippen LogP contribution in [0.5, 0.6) is 0 Å². The van der Waals surface area contributed by atoms with Crippen molar-refractivity contribution in [2.75, 3.05) is 13.2 Å². The van der Waals surface area contributed by atoms with E-state index < -0.39 is 6.04 Å². The SMILES string of the molecule is CCC1COC(C)CN1C(=O)[C@H](N)Cc1ccccc1. The van der Waals surface area contributed by atoms with Gasteiger partial charge in [0.15, 0.2) is 0 Å². The number of nitrogens with two attached hydrogens (primary N) is 1. The van der Waals surface area contributed by atoms with Gasteiger partial charge in [-0.2, -0.15) is 0 Å². The quantitative estimate of drug-likeness (QED) is 0.908. The van der Waals surface area contributed by atoms with E-state index >= 15 is 0 Å². The molecular formula is C16H24N2O2. The summed E-state index contributed by atoms with van der Waals surface area (Å²) in [5, 5.41) is 0. The van der Waals surface area contributed by atoms with Crippen molar-refractivity contribution in [2.45, 2.75) is 44.9 Å². The van der Waals surface area contributed by atoms with Crippen LogP contribution in [0, 0.1) is 0 Å². The minimum Gasteiger partial charge on any atom is -0.375 e. The summed E-state index contributed by atoms with van der Waals surface area (Å²) in [5.74, 6) is 0.0378. The number of amides is 1. The predicted octanol–water partition coefficient (Wildman–Crippen LogP) is 1.58. The molecule has 0 aliphatic carbocycles. The number of rotatable bonds is 4. The zero-order valence-corrected chi connectivity index (χ0v) is 12.3. The Morgan fingerprint density at radius 2 is 2.15 bits per heavy atom. The van der Waals surface area contributed by atoms with Gasteiger partial charge >= 0.3 is 0 Å². The number of hydrogen-bond acceptors (Lipinski definition) is 3. The summed E-state index contributed by atoms with van der Waals surface area (Å²) in [4.78, 5) is 14.5. The van der Waals surface area contributed by atoms with Crippen LogP contribution in [0.15, 0.2) is 30.3 Å². The van der Waals surface area contributed by atoms with Gasteiger partial charge < -0.3 is 15.4 Å². The highest BCUT2D eigenvalue weighted by Crippen LogP contribution is 2.16. The zero-order chi connectivity index (χ0) is 14.5. The Labute approximate surface area is 120 Å². The first-order chi connectivity index (χ1) is 9.61. The van der Waals surface area contributed by atoms with E-state index in [2.05, 4.69) is 6.92 Å². The third kappa shape index (κ3) is 3.58. The van der Waals surface area contributed by atoms with Crippen LogP contribution in [0.1, 0.15) is 25.8 Å². The zero-order valence-electron chi connectivity index (χ0n) is 12.3. The molecule has 0 radical (unpaired) electrons. The minimum atomic E-state index is -0.475. The number of nitrogens with zero attached hydrogens (tertiary/aromatic N) is 1. The summed E-state index contributed by atoms with van der Waals surface area (Å²) in [6.45, 7) is 5.32. The molecule has 0 spiro atoms. The fourth-order valence-corrected chi connectivity index (χ4v) is 2.62.